The molecule has 1 aliphatic carbocycles. The van der Waals surface area contributed by atoms with E-state index in [1.807, 2.05) is 12.3 Å². The molecule has 1 heterocycles. The molecule has 3 rings (SSSR count). The van der Waals surface area contributed by atoms with Crippen LogP contribution in [0.5, 0.6) is 0 Å². The van der Waals surface area contributed by atoms with E-state index in [0.717, 1.165) is 11.4 Å². The van der Waals surface area contributed by atoms with Crippen LogP contribution < -0.4 is 5.32 Å². The summed E-state index contributed by atoms with van der Waals surface area (Å²) in [5, 5.41) is 7.93. The second-order valence-electron chi connectivity index (χ2n) is 5.21. The topological polar surface area (TPSA) is 29.9 Å². The number of hydrogen-bond donors (Lipinski definition) is 1. The Balaban J connectivity index is 1.61. The van der Waals surface area contributed by atoms with Crippen molar-refractivity contribution >= 4 is 17.3 Å². The SMILES string of the molecule is Fc1ccc(NCc2ccn(C3CCCC3)n2)cc1Cl. The Kier molecular flexibility index (Phi) is 3.92. The lowest BCUT2D eigenvalue weighted by Gasteiger charge is -2.09. The third-order valence-corrected chi connectivity index (χ3v) is 4.05. The fraction of sp³-hybridized carbons (Fsp3) is 0.400. The van der Waals surface area contributed by atoms with Gasteiger partial charge in [-0.1, -0.05) is 24.4 Å². The fourth-order valence-electron chi connectivity index (χ4n) is 2.64. The maximum Gasteiger partial charge on any atom is 0.141 e. The molecule has 2 aromatic rings. The van der Waals surface area contributed by atoms with Crippen molar-refractivity contribution in [2.45, 2.75) is 38.3 Å². The molecule has 0 atom stereocenters. The molecule has 1 N–H and O–H groups in total. The molecule has 0 amide bonds. The first-order valence-corrected chi connectivity index (χ1v) is 7.33. The van der Waals surface area contributed by atoms with Crippen molar-refractivity contribution in [1.82, 2.24) is 9.78 Å². The number of halogens is 2. The van der Waals surface area contributed by atoms with Crippen LogP contribution in [-0.2, 0) is 6.54 Å². The molecule has 1 aromatic carbocycles. The number of benzene rings is 1. The van der Waals surface area contributed by atoms with Gasteiger partial charge in [0.25, 0.3) is 0 Å². The molecule has 0 saturated heterocycles. The Labute approximate surface area is 122 Å². The van der Waals surface area contributed by atoms with Gasteiger partial charge in [0.05, 0.1) is 23.3 Å². The first kappa shape index (κ1) is 13.4. The third-order valence-electron chi connectivity index (χ3n) is 3.76. The summed E-state index contributed by atoms with van der Waals surface area (Å²) in [7, 11) is 0. The highest BCUT2D eigenvalue weighted by Gasteiger charge is 2.17. The zero-order valence-electron chi connectivity index (χ0n) is 11.1. The largest absolute Gasteiger partial charge is 0.379 e. The number of hydrogen-bond acceptors (Lipinski definition) is 2. The summed E-state index contributed by atoms with van der Waals surface area (Å²) in [5.41, 5.74) is 1.78. The summed E-state index contributed by atoms with van der Waals surface area (Å²) in [6, 6.07) is 7.21. The molecule has 1 aliphatic rings. The summed E-state index contributed by atoms with van der Waals surface area (Å²) in [6.45, 7) is 0.613. The minimum atomic E-state index is -0.400. The highest BCUT2D eigenvalue weighted by molar-refractivity contribution is 6.31. The molecule has 1 saturated carbocycles. The van der Waals surface area contributed by atoms with E-state index < -0.39 is 5.82 Å². The molecule has 5 heteroatoms. The number of nitrogens with one attached hydrogen (secondary N) is 1. The normalized spacial score (nSPS) is 15.7. The predicted octanol–water partition coefficient (Wildman–Crippen LogP) is 4.40. The van der Waals surface area contributed by atoms with Gasteiger partial charge in [0, 0.05) is 11.9 Å². The highest BCUT2D eigenvalue weighted by atomic mass is 35.5. The maximum absolute atomic E-state index is 13.1. The van der Waals surface area contributed by atoms with E-state index >= 15 is 0 Å². The van der Waals surface area contributed by atoms with Crippen molar-refractivity contribution < 1.29 is 4.39 Å². The smallest absolute Gasteiger partial charge is 0.141 e. The minimum Gasteiger partial charge on any atom is -0.379 e. The second-order valence-corrected chi connectivity index (χ2v) is 5.62. The van der Waals surface area contributed by atoms with Gasteiger partial charge in [0.1, 0.15) is 5.82 Å². The van der Waals surface area contributed by atoms with E-state index in [1.165, 1.54) is 31.7 Å². The zero-order valence-corrected chi connectivity index (χ0v) is 11.9. The van der Waals surface area contributed by atoms with Crippen LogP contribution in [-0.4, -0.2) is 9.78 Å². The number of anilines is 1. The molecule has 1 aromatic heterocycles. The fourth-order valence-corrected chi connectivity index (χ4v) is 2.82. The van der Waals surface area contributed by atoms with Gasteiger partial charge in [-0.15, -0.1) is 0 Å². The lowest BCUT2D eigenvalue weighted by molar-refractivity contribution is 0.463. The lowest BCUT2D eigenvalue weighted by Crippen LogP contribution is -2.07. The van der Waals surface area contributed by atoms with Crippen LogP contribution in [0.3, 0.4) is 0 Å². The van der Waals surface area contributed by atoms with Gasteiger partial charge >= 0.3 is 0 Å². The van der Waals surface area contributed by atoms with E-state index in [1.54, 1.807) is 12.1 Å². The number of nitrogens with zero attached hydrogens (tertiary/aromatic N) is 2. The monoisotopic (exact) mass is 293 g/mol. The van der Waals surface area contributed by atoms with E-state index in [-0.39, 0.29) is 5.02 Å². The Hall–Kier alpha value is -1.55. The van der Waals surface area contributed by atoms with Gasteiger partial charge in [-0.25, -0.2) is 4.39 Å². The summed E-state index contributed by atoms with van der Waals surface area (Å²) in [5.74, 6) is -0.400. The molecular weight excluding hydrogens is 277 g/mol. The van der Waals surface area contributed by atoms with Crippen LogP contribution in [0.1, 0.15) is 37.4 Å². The van der Waals surface area contributed by atoms with E-state index in [0.29, 0.717) is 12.6 Å². The molecule has 3 nitrogen and oxygen atoms in total. The van der Waals surface area contributed by atoms with Crippen molar-refractivity contribution in [2.75, 3.05) is 5.32 Å². The number of aromatic nitrogens is 2. The maximum atomic E-state index is 13.1. The van der Waals surface area contributed by atoms with Crippen molar-refractivity contribution in [3.05, 3.63) is 47.0 Å². The van der Waals surface area contributed by atoms with E-state index in [9.17, 15) is 4.39 Å². The Morgan fingerprint density at radius 2 is 2.10 bits per heavy atom. The predicted molar refractivity (Wildman–Crippen MR) is 78.5 cm³/mol. The highest BCUT2D eigenvalue weighted by Crippen LogP contribution is 2.28. The molecule has 0 aliphatic heterocycles. The van der Waals surface area contributed by atoms with Crippen molar-refractivity contribution in [2.24, 2.45) is 0 Å². The van der Waals surface area contributed by atoms with Gasteiger partial charge in [0.2, 0.25) is 0 Å². The van der Waals surface area contributed by atoms with Gasteiger partial charge in [-0.05, 0) is 37.1 Å². The van der Waals surface area contributed by atoms with Gasteiger partial charge in [0.15, 0.2) is 0 Å². The van der Waals surface area contributed by atoms with Crippen molar-refractivity contribution in [3.8, 4) is 0 Å². The number of rotatable bonds is 4. The minimum absolute atomic E-state index is 0.131. The Bertz CT molecular complexity index is 591. The zero-order chi connectivity index (χ0) is 13.9. The van der Waals surface area contributed by atoms with Crippen LogP contribution in [0.2, 0.25) is 5.02 Å². The van der Waals surface area contributed by atoms with Crippen LogP contribution in [0, 0.1) is 5.82 Å². The lowest BCUT2D eigenvalue weighted by atomic mass is 10.3. The summed E-state index contributed by atoms with van der Waals surface area (Å²) in [4.78, 5) is 0. The van der Waals surface area contributed by atoms with Crippen molar-refractivity contribution in [1.29, 1.82) is 0 Å². The Morgan fingerprint density at radius 3 is 2.85 bits per heavy atom. The second kappa shape index (κ2) is 5.83. The van der Waals surface area contributed by atoms with Crippen molar-refractivity contribution in [3.63, 3.8) is 0 Å². The molecule has 20 heavy (non-hydrogen) atoms. The molecule has 0 spiro atoms. The summed E-state index contributed by atoms with van der Waals surface area (Å²) >= 11 is 5.75. The van der Waals surface area contributed by atoms with Crippen LogP contribution in [0.4, 0.5) is 10.1 Å². The van der Waals surface area contributed by atoms with Gasteiger partial charge < -0.3 is 5.32 Å². The van der Waals surface area contributed by atoms with Gasteiger partial charge in [-0.2, -0.15) is 5.10 Å². The first-order valence-electron chi connectivity index (χ1n) is 6.95. The molecule has 0 unspecified atom stereocenters. The van der Waals surface area contributed by atoms with Crippen LogP contribution >= 0.6 is 11.6 Å². The van der Waals surface area contributed by atoms with Crippen LogP contribution in [0.25, 0.3) is 0 Å². The quantitative estimate of drug-likeness (QED) is 0.905. The molecule has 1 fully saturated rings. The van der Waals surface area contributed by atoms with E-state index in [4.69, 9.17) is 11.6 Å². The van der Waals surface area contributed by atoms with E-state index in [2.05, 4.69) is 15.1 Å². The van der Waals surface area contributed by atoms with Gasteiger partial charge in [-0.3, -0.25) is 4.68 Å². The standard InChI is InChI=1S/C15H17ClFN3/c16-14-9-11(5-6-15(14)17)18-10-12-7-8-20(19-12)13-3-1-2-4-13/h5-9,13,18H,1-4,10H2. The molecule has 106 valence electrons. The van der Waals surface area contributed by atoms with Crippen LogP contribution in [0.15, 0.2) is 30.5 Å². The third kappa shape index (κ3) is 2.96. The Morgan fingerprint density at radius 1 is 1.30 bits per heavy atom. The molecule has 0 bridgehead atoms. The molecular formula is C15H17ClFN3. The summed E-state index contributed by atoms with van der Waals surface area (Å²) in [6.07, 6.45) is 7.09. The first-order chi connectivity index (χ1) is 9.72. The molecule has 0 radical (unpaired) electrons. The average molecular weight is 294 g/mol. The average Bonchev–Trinajstić information content (AvgIpc) is 3.09. The summed E-state index contributed by atoms with van der Waals surface area (Å²) < 4.78 is 15.1.